The molecule has 0 radical (unpaired) electrons. The minimum atomic E-state index is 0.357. The number of aromatic nitrogens is 2. The van der Waals surface area contributed by atoms with Crippen LogP contribution in [0, 0.1) is 5.41 Å². The normalized spacial score (nSPS) is 12.0. The molecule has 12 heavy (non-hydrogen) atoms. The lowest BCUT2D eigenvalue weighted by Crippen LogP contribution is -2.46. The first kappa shape index (κ1) is 9.30. The first-order valence-electron chi connectivity index (χ1n) is 4.58. The third-order valence-electron chi connectivity index (χ3n) is 1.81. The standard InChI is InChI=1S/C10H19N2/c1-5-11-7-6-8-12(11)9-10(2,3)4/h6-8H,5,9H2,1-4H3/q+1. The summed E-state index contributed by atoms with van der Waals surface area (Å²) < 4.78 is 4.49. The van der Waals surface area contributed by atoms with Gasteiger partial charge in [-0.15, -0.1) is 4.68 Å². The Labute approximate surface area is 74.8 Å². The van der Waals surface area contributed by atoms with Gasteiger partial charge in [0.05, 0.1) is 12.7 Å². The molecule has 1 aromatic rings. The summed E-state index contributed by atoms with van der Waals surface area (Å²) in [6.45, 7) is 11.1. The number of rotatable bonds is 2. The van der Waals surface area contributed by atoms with Gasteiger partial charge in [0.15, 0.2) is 12.7 Å². The number of nitrogens with zero attached hydrogens (tertiary/aromatic N) is 2. The molecule has 0 aliphatic rings. The fourth-order valence-corrected chi connectivity index (χ4v) is 1.33. The molecular formula is C10H19N2+. The number of hydrogen-bond donors (Lipinski definition) is 0. The highest BCUT2D eigenvalue weighted by Crippen LogP contribution is 2.11. The highest BCUT2D eigenvalue weighted by atomic mass is 15.4. The molecule has 2 nitrogen and oxygen atoms in total. The van der Waals surface area contributed by atoms with E-state index in [-0.39, 0.29) is 0 Å². The Morgan fingerprint density at radius 3 is 2.50 bits per heavy atom. The Balaban J connectivity index is 2.75. The molecule has 1 heterocycles. The van der Waals surface area contributed by atoms with E-state index in [1.165, 1.54) is 0 Å². The Hall–Kier alpha value is -0.790. The summed E-state index contributed by atoms with van der Waals surface area (Å²) in [6.07, 6.45) is 4.25. The van der Waals surface area contributed by atoms with Crippen molar-refractivity contribution in [3.8, 4) is 0 Å². The highest BCUT2D eigenvalue weighted by Gasteiger charge is 2.18. The second kappa shape index (κ2) is 3.30. The third-order valence-corrected chi connectivity index (χ3v) is 1.81. The summed E-state index contributed by atoms with van der Waals surface area (Å²) in [4.78, 5) is 0. The van der Waals surface area contributed by atoms with Crippen LogP contribution in [-0.2, 0) is 13.1 Å². The quantitative estimate of drug-likeness (QED) is 0.594. The van der Waals surface area contributed by atoms with Crippen molar-refractivity contribution in [3.63, 3.8) is 0 Å². The molecule has 0 bridgehead atoms. The molecular weight excluding hydrogens is 148 g/mol. The summed E-state index contributed by atoms with van der Waals surface area (Å²) in [7, 11) is 0. The van der Waals surface area contributed by atoms with Crippen molar-refractivity contribution in [3.05, 3.63) is 18.5 Å². The molecule has 68 valence electrons. The lowest BCUT2D eigenvalue weighted by atomic mass is 9.97. The molecule has 0 saturated carbocycles. The molecule has 1 aromatic heterocycles. The van der Waals surface area contributed by atoms with Crippen LogP contribution in [-0.4, -0.2) is 4.68 Å². The molecule has 0 saturated heterocycles. The summed E-state index contributed by atoms with van der Waals surface area (Å²) >= 11 is 0. The van der Waals surface area contributed by atoms with Gasteiger partial charge in [0, 0.05) is 11.5 Å². The van der Waals surface area contributed by atoms with E-state index in [9.17, 15) is 0 Å². The van der Waals surface area contributed by atoms with Crippen molar-refractivity contribution < 1.29 is 4.68 Å². The second-order valence-corrected chi connectivity index (χ2v) is 4.40. The van der Waals surface area contributed by atoms with Crippen LogP contribution in [0.4, 0.5) is 0 Å². The minimum Gasteiger partial charge on any atom is -0.161 e. The summed E-state index contributed by atoms with van der Waals surface area (Å²) in [6, 6.07) is 2.09. The summed E-state index contributed by atoms with van der Waals surface area (Å²) in [5, 5.41) is 0. The smallest absolute Gasteiger partial charge is 0.161 e. The van der Waals surface area contributed by atoms with Crippen molar-refractivity contribution in [2.24, 2.45) is 5.41 Å². The molecule has 0 unspecified atom stereocenters. The fraction of sp³-hybridized carbons (Fsp3) is 0.700. The lowest BCUT2D eigenvalue weighted by Gasteiger charge is -2.13. The van der Waals surface area contributed by atoms with Gasteiger partial charge >= 0.3 is 0 Å². The average Bonchev–Trinajstić information content (AvgIpc) is 2.31. The van der Waals surface area contributed by atoms with Gasteiger partial charge in [0.2, 0.25) is 0 Å². The third kappa shape index (κ3) is 2.36. The average molecular weight is 167 g/mol. The maximum Gasteiger partial charge on any atom is 0.195 e. The van der Waals surface area contributed by atoms with Crippen LogP contribution in [0.2, 0.25) is 0 Å². The van der Waals surface area contributed by atoms with Crippen LogP contribution in [0.3, 0.4) is 0 Å². The predicted octanol–water partition coefficient (Wildman–Crippen LogP) is 1.84. The predicted molar refractivity (Wildman–Crippen MR) is 49.8 cm³/mol. The SMILES string of the molecule is CCn1ccc[n+]1CC(C)(C)C. The van der Waals surface area contributed by atoms with E-state index in [4.69, 9.17) is 0 Å². The van der Waals surface area contributed by atoms with Crippen molar-refractivity contribution in [1.82, 2.24) is 4.68 Å². The van der Waals surface area contributed by atoms with Crippen LogP contribution in [0.15, 0.2) is 18.5 Å². The largest absolute Gasteiger partial charge is 0.195 e. The van der Waals surface area contributed by atoms with Gasteiger partial charge < -0.3 is 0 Å². The molecule has 0 amide bonds. The first-order valence-corrected chi connectivity index (χ1v) is 4.58. The zero-order chi connectivity index (χ0) is 9.19. The minimum absolute atomic E-state index is 0.357. The van der Waals surface area contributed by atoms with Gasteiger partial charge in [-0.05, 0) is 6.92 Å². The Morgan fingerprint density at radius 2 is 2.00 bits per heavy atom. The molecule has 0 aliphatic heterocycles. The van der Waals surface area contributed by atoms with E-state index in [1.54, 1.807) is 0 Å². The van der Waals surface area contributed by atoms with Crippen LogP contribution in [0.1, 0.15) is 27.7 Å². The van der Waals surface area contributed by atoms with Crippen LogP contribution in [0.5, 0.6) is 0 Å². The van der Waals surface area contributed by atoms with Gasteiger partial charge in [-0.2, -0.15) is 4.68 Å². The van der Waals surface area contributed by atoms with Gasteiger partial charge in [0.25, 0.3) is 0 Å². The molecule has 0 aliphatic carbocycles. The Kier molecular flexibility index (Phi) is 2.55. The summed E-state index contributed by atoms with van der Waals surface area (Å²) in [5.41, 5.74) is 0.357. The van der Waals surface area contributed by atoms with Crippen molar-refractivity contribution in [2.45, 2.75) is 40.8 Å². The molecule has 1 rings (SSSR count). The van der Waals surface area contributed by atoms with E-state index in [1.807, 2.05) is 0 Å². The molecule has 0 fully saturated rings. The van der Waals surface area contributed by atoms with E-state index in [0.717, 1.165) is 13.1 Å². The monoisotopic (exact) mass is 167 g/mol. The molecule has 0 spiro atoms. The second-order valence-electron chi connectivity index (χ2n) is 4.40. The molecule has 0 aromatic carbocycles. The molecule has 0 atom stereocenters. The van der Waals surface area contributed by atoms with Crippen molar-refractivity contribution in [1.29, 1.82) is 0 Å². The van der Waals surface area contributed by atoms with Gasteiger partial charge in [-0.3, -0.25) is 0 Å². The van der Waals surface area contributed by atoms with Gasteiger partial charge in [-0.1, -0.05) is 20.8 Å². The number of aryl methyl sites for hydroxylation is 1. The van der Waals surface area contributed by atoms with E-state index < -0.39 is 0 Å². The Morgan fingerprint density at radius 1 is 1.33 bits per heavy atom. The maximum absolute atomic E-state index is 2.26. The molecule has 2 heteroatoms. The fourth-order valence-electron chi connectivity index (χ4n) is 1.33. The summed E-state index contributed by atoms with van der Waals surface area (Å²) in [5.74, 6) is 0. The van der Waals surface area contributed by atoms with Crippen LogP contribution >= 0.6 is 0 Å². The zero-order valence-corrected chi connectivity index (χ0v) is 8.54. The van der Waals surface area contributed by atoms with Crippen LogP contribution in [0.25, 0.3) is 0 Å². The van der Waals surface area contributed by atoms with E-state index in [0.29, 0.717) is 5.41 Å². The van der Waals surface area contributed by atoms with Gasteiger partial charge in [0.1, 0.15) is 0 Å². The first-order chi connectivity index (χ1) is 5.53. The Bertz CT molecular complexity index is 243. The number of hydrogen-bond acceptors (Lipinski definition) is 0. The van der Waals surface area contributed by atoms with E-state index in [2.05, 4.69) is 55.5 Å². The van der Waals surface area contributed by atoms with Crippen LogP contribution < -0.4 is 4.68 Å². The zero-order valence-electron chi connectivity index (χ0n) is 8.54. The lowest BCUT2D eigenvalue weighted by molar-refractivity contribution is -0.784. The van der Waals surface area contributed by atoms with Crippen molar-refractivity contribution >= 4 is 0 Å². The highest BCUT2D eigenvalue weighted by molar-refractivity contribution is 4.71. The van der Waals surface area contributed by atoms with Gasteiger partial charge in [-0.25, -0.2) is 0 Å². The topological polar surface area (TPSA) is 8.81 Å². The van der Waals surface area contributed by atoms with E-state index >= 15 is 0 Å². The maximum atomic E-state index is 2.26. The van der Waals surface area contributed by atoms with Crippen molar-refractivity contribution in [2.75, 3.05) is 0 Å². The molecule has 0 N–H and O–H groups in total.